The Morgan fingerprint density at radius 1 is 1.11 bits per heavy atom. The van der Waals surface area contributed by atoms with E-state index < -0.39 is 39.4 Å². The molecule has 0 saturated carbocycles. The summed E-state index contributed by atoms with van der Waals surface area (Å²) in [6, 6.07) is 12.7. The summed E-state index contributed by atoms with van der Waals surface area (Å²) in [5.74, 6) is -2.13. The standard InChI is InChI=1S/C25H20F4N2O4S2/c1-3-35-24(32)16-8-10-19(11-9-16)37(33,34)31(14-18-12-21(26)22(36-18)25(27,28)29)23-15(2)20-7-5-4-6-17(20)13-30-23/h4-13H,3,14H2,1-2H3. The molecule has 0 amide bonds. The Balaban J connectivity index is 1.83. The fourth-order valence-corrected chi connectivity index (χ4v) is 6.19. The quantitative estimate of drug-likeness (QED) is 0.198. The molecule has 2 heterocycles. The van der Waals surface area contributed by atoms with E-state index in [1.807, 2.05) is 0 Å². The molecule has 2 aromatic carbocycles. The number of hydrogen-bond donors (Lipinski definition) is 0. The van der Waals surface area contributed by atoms with Gasteiger partial charge in [-0.25, -0.2) is 26.9 Å². The van der Waals surface area contributed by atoms with Crippen LogP contribution in [0.1, 0.15) is 32.6 Å². The van der Waals surface area contributed by atoms with Gasteiger partial charge >= 0.3 is 12.1 Å². The normalized spacial score (nSPS) is 12.1. The van der Waals surface area contributed by atoms with Crippen molar-refractivity contribution in [3.05, 3.63) is 87.5 Å². The minimum Gasteiger partial charge on any atom is -0.462 e. The SMILES string of the molecule is CCOC(=O)c1ccc(S(=O)(=O)N(Cc2cc(F)c(C(F)(F)F)s2)c2ncc3ccccc3c2C)cc1. The van der Waals surface area contributed by atoms with Gasteiger partial charge in [0, 0.05) is 22.0 Å². The van der Waals surface area contributed by atoms with Gasteiger partial charge in [-0.15, -0.1) is 11.3 Å². The number of nitrogens with zero attached hydrogens (tertiary/aromatic N) is 2. The molecule has 0 bridgehead atoms. The second kappa shape index (κ2) is 10.1. The van der Waals surface area contributed by atoms with Crippen molar-refractivity contribution in [2.75, 3.05) is 10.9 Å². The third kappa shape index (κ3) is 5.30. The van der Waals surface area contributed by atoms with E-state index in [-0.39, 0.29) is 39.1 Å². The fraction of sp³-hybridized carbons (Fsp3) is 0.200. The lowest BCUT2D eigenvalue weighted by Gasteiger charge is -2.25. The van der Waals surface area contributed by atoms with Gasteiger partial charge in [-0.05, 0) is 49.6 Å². The topological polar surface area (TPSA) is 76.6 Å². The number of halogens is 4. The highest BCUT2D eigenvalue weighted by Crippen LogP contribution is 2.39. The van der Waals surface area contributed by atoms with E-state index in [0.717, 1.165) is 9.69 Å². The van der Waals surface area contributed by atoms with Gasteiger partial charge < -0.3 is 4.74 Å². The molecule has 0 spiro atoms. The number of carbonyl (C=O) groups excluding carboxylic acids is 1. The predicted octanol–water partition coefficient (Wildman–Crippen LogP) is 6.33. The summed E-state index contributed by atoms with van der Waals surface area (Å²) in [6.07, 6.45) is -3.46. The van der Waals surface area contributed by atoms with Gasteiger partial charge in [0.05, 0.1) is 23.6 Å². The third-order valence-electron chi connectivity index (χ3n) is 5.51. The Hall–Kier alpha value is -3.51. The van der Waals surface area contributed by atoms with Crippen molar-refractivity contribution in [3.63, 3.8) is 0 Å². The van der Waals surface area contributed by atoms with Crippen LogP contribution in [-0.2, 0) is 27.5 Å². The minimum atomic E-state index is -4.92. The zero-order chi connectivity index (χ0) is 27.0. The molecule has 6 nitrogen and oxygen atoms in total. The predicted molar refractivity (Wildman–Crippen MR) is 132 cm³/mol. The number of pyridine rings is 1. The average Bonchev–Trinajstić information content (AvgIpc) is 3.24. The van der Waals surface area contributed by atoms with E-state index in [2.05, 4.69) is 4.98 Å². The second-order valence-corrected chi connectivity index (χ2v) is 10.9. The lowest BCUT2D eigenvalue weighted by Crippen LogP contribution is -2.31. The number of esters is 1. The van der Waals surface area contributed by atoms with Gasteiger partial charge in [-0.2, -0.15) is 13.2 Å². The van der Waals surface area contributed by atoms with Gasteiger partial charge in [0.15, 0.2) is 0 Å². The zero-order valence-corrected chi connectivity index (χ0v) is 21.2. The summed E-state index contributed by atoms with van der Waals surface area (Å²) in [7, 11) is -4.42. The maximum Gasteiger partial charge on any atom is 0.428 e. The summed E-state index contributed by atoms with van der Waals surface area (Å²) in [4.78, 5) is 14.4. The monoisotopic (exact) mass is 552 g/mol. The lowest BCUT2D eigenvalue weighted by atomic mass is 10.1. The van der Waals surface area contributed by atoms with Crippen molar-refractivity contribution in [2.45, 2.75) is 31.5 Å². The number of hydrogen-bond acceptors (Lipinski definition) is 6. The Bertz CT molecular complexity index is 1570. The molecule has 0 aliphatic carbocycles. The first-order valence-electron chi connectivity index (χ1n) is 10.9. The van der Waals surface area contributed by atoms with E-state index >= 15 is 0 Å². The lowest BCUT2D eigenvalue weighted by molar-refractivity contribution is -0.136. The highest BCUT2D eigenvalue weighted by Gasteiger charge is 2.37. The number of rotatable bonds is 7. The summed E-state index contributed by atoms with van der Waals surface area (Å²) in [5, 5.41) is 1.43. The van der Waals surface area contributed by atoms with Crippen LogP contribution >= 0.6 is 11.3 Å². The van der Waals surface area contributed by atoms with Gasteiger partial charge in [0.2, 0.25) is 0 Å². The summed E-state index contributed by atoms with van der Waals surface area (Å²) in [5.41, 5.74) is 0.598. The van der Waals surface area contributed by atoms with Crippen LogP contribution in [0, 0.1) is 12.7 Å². The largest absolute Gasteiger partial charge is 0.462 e. The van der Waals surface area contributed by atoms with Crippen LogP contribution in [0.15, 0.2) is 65.7 Å². The highest BCUT2D eigenvalue weighted by molar-refractivity contribution is 7.92. The number of ether oxygens (including phenoxy) is 1. The van der Waals surface area contributed by atoms with Crippen molar-refractivity contribution in [1.29, 1.82) is 0 Å². The van der Waals surface area contributed by atoms with Crippen LogP contribution in [0.4, 0.5) is 23.4 Å². The van der Waals surface area contributed by atoms with Gasteiger partial charge in [-0.3, -0.25) is 0 Å². The van der Waals surface area contributed by atoms with Crippen LogP contribution in [-0.4, -0.2) is 26.0 Å². The first kappa shape index (κ1) is 26.6. The van der Waals surface area contributed by atoms with Gasteiger partial charge in [-0.1, -0.05) is 24.3 Å². The van der Waals surface area contributed by atoms with Crippen LogP contribution in [0.3, 0.4) is 0 Å². The molecule has 4 rings (SSSR count). The summed E-state index contributed by atoms with van der Waals surface area (Å²) < 4.78 is 87.0. The number of aryl methyl sites for hydroxylation is 1. The van der Waals surface area contributed by atoms with Crippen LogP contribution < -0.4 is 4.31 Å². The van der Waals surface area contributed by atoms with E-state index in [9.17, 15) is 30.8 Å². The number of anilines is 1. The molecule has 12 heteroatoms. The molecule has 0 saturated heterocycles. The molecule has 0 radical (unpaired) electrons. The minimum absolute atomic E-state index is 0.0180. The Morgan fingerprint density at radius 3 is 2.41 bits per heavy atom. The number of fused-ring (bicyclic) bond motifs is 1. The smallest absolute Gasteiger partial charge is 0.428 e. The number of carbonyl (C=O) groups is 1. The van der Waals surface area contributed by atoms with E-state index in [1.165, 1.54) is 30.5 Å². The molecule has 4 aromatic rings. The first-order valence-corrected chi connectivity index (χ1v) is 13.2. The number of alkyl halides is 3. The molecule has 0 N–H and O–H groups in total. The molecule has 0 atom stereocenters. The Labute approximate surface area is 214 Å². The van der Waals surface area contributed by atoms with Crippen LogP contribution in [0.5, 0.6) is 0 Å². The Morgan fingerprint density at radius 2 is 1.78 bits per heavy atom. The molecule has 0 aliphatic rings. The maximum atomic E-state index is 14.1. The van der Waals surface area contributed by atoms with E-state index in [0.29, 0.717) is 17.0 Å². The van der Waals surface area contributed by atoms with Gasteiger partial charge in [0.1, 0.15) is 16.5 Å². The van der Waals surface area contributed by atoms with Crippen molar-refractivity contribution < 1.29 is 35.5 Å². The maximum absolute atomic E-state index is 14.1. The van der Waals surface area contributed by atoms with E-state index in [4.69, 9.17) is 4.74 Å². The first-order chi connectivity index (χ1) is 17.4. The zero-order valence-electron chi connectivity index (χ0n) is 19.5. The Kier molecular flexibility index (Phi) is 7.24. The number of thiophene rings is 1. The molecular formula is C25H20F4N2O4S2. The van der Waals surface area contributed by atoms with Crippen LogP contribution in [0.2, 0.25) is 0 Å². The third-order valence-corrected chi connectivity index (χ3v) is 8.40. The highest BCUT2D eigenvalue weighted by atomic mass is 32.2. The summed E-state index contributed by atoms with van der Waals surface area (Å²) in [6.45, 7) is 2.82. The van der Waals surface area contributed by atoms with Crippen LogP contribution in [0.25, 0.3) is 10.8 Å². The second-order valence-electron chi connectivity index (χ2n) is 7.94. The van der Waals surface area contributed by atoms with Crippen molar-refractivity contribution in [1.82, 2.24) is 4.98 Å². The molecule has 0 unspecified atom stereocenters. The van der Waals surface area contributed by atoms with E-state index in [1.54, 1.807) is 38.1 Å². The molecule has 2 aromatic heterocycles. The average molecular weight is 553 g/mol. The van der Waals surface area contributed by atoms with Crippen molar-refractivity contribution in [2.24, 2.45) is 0 Å². The fourth-order valence-electron chi connectivity index (χ4n) is 3.76. The van der Waals surface area contributed by atoms with Gasteiger partial charge in [0.25, 0.3) is 10.0 Å². The molecule has 0 aliphatic heterocycles. The molecule has 194 valence electrons. The molecular weight excluding hydrogens is 532 g/mol. The molecule has 0 fully saturated rings. The van der Waals surface area contributed by atoms with Crippen molar-refractivity contribution >= 4 is 43.9 Å². The molecule has 37 heavy (non-hydrogen) atoms. The number of benzene rings is 2. The number of sulfonamides is 1. The van der Waals surface area contributed by atoms with Crippen molar-refractivity contribution in [3.8, 4) is 0 Å². The number of aromatic nitrogens is 1. The summed E-state index contributed by atoms with van der Waals surface area (Å²) >= 11 is 0.127.